The molecule has 0 bridgehead atoms. The van der Waals surface area contributed by atoms with Gasteiger partial charge in [0.1, 0.15) is 6.07 Å². The van der Waals surface area contributed by atoms with E-state index in [0.29, 0.717) is 10.8 Å². The van der Waals surface area contributed by atoms with Crippen LogP contribution in [0, 0.1) is 11.3 Å². The molecular formula is C14H14N2S. The highest BCUT2D eigenvalue weighted by molar-refractivity contribution is 8.00. The first-order valence-electron chi connectivity index (χ1n) is 5.70. The van der Waals surface area contributed by atoms with E-state index in [0.717, 1.165) is 22.2 Å². The topological polar surface area (TPSA) is 36.7 Å². The lowest BCUT2D eigenvalue weighted by molar-refractivity contribution is 0.906. The molecule has 1 heterocycles. The Balaban J connectivity index is 2.60. The van der Waals surface area contributed by atoms with Gasteiger partial charge in [-0.25, -0.2) is 0 Å². The van der Waals surface area contributed by atoms with Crippen LogP contribution in [-0.4, -0.2) is 10.2 Å². The summed E-state index contributed by atoms with van der Waals surface area (Å²) in [5.41, 5.74) is 1.63. The molecule has 0 aliphatic rings. The predicted molar refractivity (Wildman–Crippen MR) is 72.1 cm³/mol. The number of para-hydroxylation sites is 1. The zero-order chi connectivity index (χ0) is 12.3. The number of benzene rings is 1. The van der Waals surface area contributed by atoms with Gasteiger partial charge in [-0.15, -0.1) is 11.8 Å². The summed E-state index contributed by atoms with van der Waals surface area (Å²) in [6.45, 7) is 4.34. The van der Waals surface area contributed by atoms with Gasteiger partial charge in [0.05, 0.1) is 11.1 Å². The summed E-state index contributed by atoms with van der Waals surface area (Å²) in [6.07, 6.45) is 2.76. The Labute approximate surface area is 106 Å². The summed E-state index contributed by atoms with van der Waals surface area (Å²) in [6, 6.07) is 10.2. The fraction of sp³-hybridized carbons (Fsp3) is 0.286. The number of hydrogen-bond acceptors (Lipinski definition) is 3. The summed E-state index contributed by atoms with van der Waals surface area (Å²) in [5.74, 6) is 0. The zero-order valence-electron chi connectivity index (χ0n) is 9.97. The van der Waals surface area contributed by atoms with Gasteiger partial charge in [0.15, 0.2) is 0 Å². The van der Waals surface area contributed by atoms with E-state index in [4.69, 9.17) is 5.26 Å². The normalized spacial score (nSPS) is 12.3. The van der Waals surface area contributed by atoms with E-state index in [9.17, 15) is 0 Å². The zero-order valence-corrected chi connectivity index (χ0v) is 10.8. The second-order valence-electron chi connectivity index (χ2n) is 3.97. The molecule has 1 unspecified atom stereocenters. The number of nitrogens with zero attached hydrogens (tertiary/aromatic N) is 2. The van der Waals surface area contributed by atoms with Gasteiger partial charge >= 0.3 is 0 Å². The molecule has 0 amide bonds. The highest BCUT2D eigenvalue weighted by Gasteiger charge is 2.11. The van der Waals surface area contributed by atoms with Crippen LogP contribution in [0.5, 0.6) is 0 Å². The molecule has 1 aromatic carbocycles. The van der Waals surface area contributed by atoms with E-state index in [-0.39, 0.29) is 0 Å². The summed E-state index contributed by atoms with van der Waals surface area (Å²) in [4.78, 5) is 5.37. The highest BCUT2D eigenvalue weighted by atomic mass is 32.2. The van der Waals surface area contributed by atoms with Crippen molar-refractivity contribution in [3.8, 4) is 6.07 Å². The van der Waals surface area contributed by atoms with Crippen LogP contribution >= 0.6 is 11.8 Å². The van der Waals surface area contributed by atoms with Gasteiger partial charge < -0.3 is 0 Å². The van der Waals surface area contributed by atoms with E-state index >= 15 is 0 Å². The van der Waals surface area contributed by atoms with Crippen LogP contribution in [0.2, 0.25) is 0 Å². The molecule has 2 nitrogen and oxygen atoms in total. The maximum atomic E-state index is 9.16. The molecule has 0 radical (unpaired) electrons. The van der Waals surface area contributed by atoms with Crippen LogP contribution in [0.1, 0.15) is 25.8 Å². The van der Waals surface area contributed by atoms with Gasteiger partial charge in [-0.2, -0.15) is 5.26 Å². The minimum Gasteiger partial charge on any atom is -0.255 e. The van der Waals surface area contributed by atoms with Gasteiger partial charge in [0.2, 0.25) is 0 Å². The SMILES string of the molecule is CCC(C)Sc1c(C#N)cnc2ccccc12. The Morgan fingerprint density at radius 1 is 1.41 bits per heavy atom. The van der Waals surface area contributed by atoms with Crippen LogP contribution in [0.25, 0.3) is 10.9 Å². The lowest BCUT2D eigenvalue weighted by Gasteiger charge is -2.11. The minimum atomic E-state index is 0.507. The third-order valence-electron chi connectivity index (χ3n) is 2.74. The average Bonchev–Trinajstić information content (AvgIpc) is 2.39. The van der Waals surface area contributed by atoms with E-state index < -0.39 is 0 Å². The first kappa shape index (κ1) is 11.9. The maximum absolute atomic E-state index is 9.16. The average molecular weight is 242 g/mol. The molecule has 1 atom stereocenters. The van der Waals surface area contributed by atoms with E-state index in [1.165, 1.54) is 0 Å². The molecule has 0 saturated carbocycles. The number of nitriles is 1. The fourth-order valence-corrected chi connectivity index (χ4v) is 2.70. The van der Waals surface area contributed by atoms with Crippen LogP contribution in [0.4, 0.5) is 0 Å². The predicted octanol–water partition coefficient (Wildman–Crippen LogP) is 4.00. The molecule has 2 rings (SSSR count). The summed E-state index contributed by atoms with van der Waals surface area (Å²) in [7, 11) is 0. The third-order valence-corrected chi connectivity index (χ3v) is 4.15. The minimum absolute atomic E-state index is 0.507. The Morgan fingerprint density at radius 2 is 2.18 bits per heavy atom. The first-order valence-corrected chi connectivity index (χ1v) is 6.58. The lowest BCUT2D eigenvalue weighted by atomic mass is 10.2. The van der Waals surface area contributed by atoms with Crippen molar-refractivity contribution in [3.05, 3.63) is 36.0 Å². The van der Waals surface area contributed by atoms with Gasteiger partial charge in [-0.05, 0) is 12.5 Å². The molecule has 0 aliphatic carbocycles. The van der Waals surface area contributed by atoms with Crippen LogP contribution in [-0.2, 0) is 0 Å². The molecule has 1 aromatic heterocycles. The molecule has 0 saturated heterocycles. The Morgan fingerprint density at radius 3 is 2.88 bits per heavy atom. The van der Waals surface area contributed by atoms with Crippen molar-refractivity contribution in [3.63, 3.8) is 0 Å². The largest absolute Gasteiger partial charge is 0.255 e. The van der Waals surface area contributed by atoms with E-state index in [2.05, 4.69) is 24.9 Å². The standard InChI is InChI=1S/C14H14N2S/c1-3-10(2)17-14-11(8-15)9-16-13-7-5-4-6-12(13)14/h4-7,9-10H,3H2,1-2H3. The number of fused-ring (bicyclic) bond motifs is 1. The second kappa shape index (κ2) is 5.20. The number of aromatic nitrogens is 1. The molecule has 0 fully saturated rings. The molecular weight excluding hydrogens is 228 g/mol. The monoisotopic (exact) mass is 242 g/mol. The molecule has 0 aliphatic heterocycles. The Bertz CT molecular complexity index is 572. The van der Waals surface area contributed by atoms with Crippen molar-refractivity contribution in [1.82, 2.24) is 4.98 Å². The number of thioether (sulfide) groups is 1. The number of pyridine rings is 1. The lowest BCUT2D eigenvalue weighted by Crippen LogP contribution is -1.95. The first-order chi connectivity index (χ1) is 8.26. The maximum Gasteiger partial charge on any atom is 0.102 e. The summed E-state index contributed by atoms with van der Waals surface area (Å²) >= 11 is 1.76. The Kier molecular flexibility index (Phi) is 3.65. The fourth-order valence-electron chi connectivity index (χ4n) is 1.61. The smallest absolute Gasteiger partial charge is 0.102 e. The highest BCUT2D eigenvalue weighted by Crippen LogP contribution is 2.33. The van der Waals surface area contributed by atoms with Gasteiger partial charge in [0.25, 0.3) is 0 Å². The molecule has 3 heteroatoms. The second-order valence-corrected chi connectivity index (χ2v) is 5.42. The summed E-state index contributed by atoms with van der Waals surface area (Å²) in [5, 5.41) is 10.7. The Hall–Kier alpha value is -1.53. The number of rotatable bonds is 3. The van der Waals surface area contributed by atoms with Crippen molar-refractivity contribution < 1.29 is 0 Å². The summed E-state index contributed by atoms with van der Waals surface area (Å²) < 4.78 is 0. The quantitative estimate of drug-likeness (QED) is 0.763. The third kappa shape index (κ3) is 2.42. The van der Waals surface area contributed by atoms with Gasteiger partial charge in [-0.3, -0.25) is 4.98 Å². The van der Waals surface area contributed by atoms with Gasteiger partial charge in [0, 0.05) is 21.7 Å². The van der Waals surface area contributed by atoms with Crippen molar-refractivity contribution in [2.75, 3.05) is 0 Å². The van der Waals surface area contributed by atoms with Crippen molar-refractivity contribution in [1.29, 1.82) is 5.26 Å². The molecule has 0 spiro atoms. The van der Waals surface area contributed by atoms with Crippen LogP contribution in [0.15, 0.2) is 35.4 Å². The van der Waals surface area contributed by atoms with Crippen molar-refractivity contribution in [2.45, 2.75) is 30.4 Å². The molecule has 2 aromatic rings. The van der Waals surface area contributed by atoms with E-state index in [1.54, 1.807) is 18.0 Å². The van der Waals surface area contributed by atoms with Crippen LogP contribution < -0.4 is 0 Å². The van der Waals surface area contributed by atoms with Gasteiger partial charge in [-0.1, -0.05) is 32.0 Å². The molecule has 0 N–H and O–H groups in total. The number of hydrogen-bond donors (Lipinski definition) is 0. The molecule has 86 valence electrons. The van der Waals surface area contributed by atoms with Crippen molar-refractivity contribution >= 4 is 22.7 Å². The van der Waals surface area contributed by atoms with Crippen molar-refractivity contribution in [2.24, 2.45) is 0 Å². The van der Waals surface area contributed by atoms with Crippen LogP contribution in [0.3, 0.4) is 0 Å². The molecule has 17 heavy (non-hydrogen) atoms. The van der Waals surface area contributed by atoms with E-state index in [1.807, 2.05) is 24.3 Å².